The van der Waals surface area contributed by atoms with Crippen molar-refractivity contribution in [2.45, 2.75) is 48.7 Å². The molecule has 0 bridgehead atoms. The lowest BCUT2D eigenvalue weighted by molar-refractivity contribution is -0.0764. The molecular weight excluding hydrogens is 422 g/mol. The summed E-state index contributed by atoms with van der Waals surface area (Å²) in [5, 5.41) is 41.2. The Morgan fingerprint density at radius 1 is 0.967 bits per heavy atom. The number of fused-ring (bicyclic) bond motifs is 1. The van der Waals surface area contributed by atoms with Gasteiger partial charge in [-0.3, -0.25) is 0 Å². The van der Waals surface area contributed by atoms with E-state index >= 15 is 0 Å². The smallest absolute Gasteiger partial charge is 0.112 e. The van der Waals surface area contributed by atoms with Crippen LogP contribution in [0.15, 0.2) is 48.7 Å². The lowest BCUT2D eigenvalue weighted by Gasteiger charge is -2.40. The predicted molar refractivity (Wildman–Crippen MR) is 121 cm³/mol. The van der Waals surface area contributed by atoms with Gasteiger partial charge in [-0.2, -0.15) is 0 Å². The van der Waals surface area contributed by atoms with Gasteiger partial charge in [-0.25, -0.2) is 0 Å². The standard InChI is InChI=1S/C23H26ClNO4S/c1-2-13-6-8-14(9-7-13)10-15-11-25(17-5-3-4-16(24)19(15)17)23-22(29)21(28)20(27)18(12-26)30-23/h3-9,11,18,20-23,26-29H,2,10,12H2,1H3/t18-,20+,21-,22+,23-/m0/s1. The van der Waals surface area contributed by atoms with Crippen LogP contribution in [0.5, 0.6) is 0 Å². The number of halogens is 1. The van der Waals surface area contributed by atoms with Gasteiger partial charge in [0.25, 0.3) is 0 Å². The fourth-order valence-corrected chi connectivity index (χ4v) is 5.80. The number of aliphatic hydroxyl groups is 4. The highest BCUT2D eigenvalue weighted by atomic mass is 35.5. The molecule has 4 N–H and O–H groups in total. The van der Waals surface area contributed by atoms with E-state index in [-0.39, 0.29) is 6.61 Å². The summed E-state index contributed by atoms with van der Waals surface area (Å²) in [6.45, 7) is 1.84. The van der Waals surface area contributed by atoms with E-state index in [4.69, 9.17) is 11.6 Å². The minimum absolute atomic E-state index is 0.289. The number of nitrogens with zero attached hydrogens (tertiary/aromatic N) is 1. The minimum Gasteiger partial charge on any atom is -0.395 e. The molecule has 0 amide bonds. The molecule has 5 atom stereocenters. The minimum atomic E-state index is -1.34. The Morgan fingerprint density at radius 3 is 2.33 bits per heavy atom. The Kier molecular flexibility index (Phi) is 6.44. The average molecular weight is 448 g/mol. The van der Waals surface area contributed by atoms with Crippen LogP contribution in [0.4, 0.5) is 0 Å². The Labute approximate surface area is 184 Å². The molecule has 3 aromatic rings. The van der Waals surface area contributed by atoms with Crippen molar-refractivity contribution in [2.24, 2.45) is 0 Å². The highest BCUT2D eigenvalue weighted by Gasteiger charge is 2.44. The lowest BCUT2D eigenvalue weighted by atomic mass is 10.0. The van der Waals surface area contributed by atoms with Gasteiger partial charge in [0.1, 0.15) is 17.6 Å². The molecule has 30 heavy (non-hydrogen) atoms. The maximum absolute atomic E-state index is 10.7. The molecule has 0 aliphatic carbocycles. The van der Waals surface area contributed by atoms with E-state index in [1.165, 1.54) is 17.3 Å². The second-order valence-electron chi connectivity index (χ2n) is 7.76. The van der Waals surface area contributed by atoms with Gasteiger partial charge in [-0.1, -0.05) is 48.9 Å². The first-order valence-corrected chi connectivity index (χ1v) is 11.4. The van der Waals surface area contributed by atoms with Crippen LogP contribution >= 0.6 is 23.4 Å². The fourth-order valence-electron chi connectivity index (χ4n) is 4.12. The van der Waals surface area contributed by atoms with E-state index in [0.717, 1.165) is 28.5 Å². The zero-order chi connectivity index (χ0) is 21.4. The second-order valence-corrected chi connectivity index (χ2v) is 9.53. The average Bonchev–Trinajstić information content (AvgIpc) is 3.12. The highest BCUT2D eigenvalue weighted by Crippen LogP contribution is 2.43. The van der Waals surface area contributed by atoms with Crippen molar-refractivity contribution in [3.63, 3.8) is 0 Å². The Balaban J connectivity index is 1.76. The van der Waals surface area contributed by atoms with Crippen LogP contribution in [0, 0.1) is 0 Å². The molecule has 1 aliphatic rings. The van der Waals surface area contributed by atoms with Crippen molar-refractivity contribution in [2.75, 3.05) is 6.61 Å². The third kappa shape index (κ3) is 3.88. The summed E-state index contributed by atoms with van der Waals surface area (Å²) >= 11 is 7.82. The maximum atomic E-state index is 10.7. The predicted octanol–water partition coefficient (Wildman–Crippen LogP) is 3.14. The quantitative estimate of drug-likeness (QED) is 0.483. The normalized spacial score (nSPS) is 26.9. The van der Waals surface area contributed by atoms with E-state index in [1.807, 2.05) is 29.0 Å². The summed E-state index contributed by atoms with van der Waals surface area (Å²) in [6.07, 6.45) is -0.0755. The van der Waals surface area contributed by atoms with Crippen molar-refractivity contribution in [3.8, 4) is 0 Å². The number of hydrogen-bond acceptors (Lipinski definition) is 5. The summed E-state index contributed by atoms with van der Waals surface area (Å²) in [7, 11) is 0. The zero-order valence-corrected chi connectivity index (χ0v) is 18.2. The molecule has 4 rings (SSSR count). The van der Waals surface area contributed by atoms with Crippen molar-refractivity contribution in [1.29, 1.82) is 0 Å². The van der Waals surface area contributed by atoms with E-state index in [2.05, 4.69) is 31.2 Å². The SMILES string of the molecule is CCc1ccc(Cc2cn([C@H]3S[C@@H](CO)[C@@H](O)[C@H](O)[C@H]3O)c3cccc(Cl)c23)cc1. The van der Waals surface area contributed by atoms with E-state index < -0.39 is 28.9 Å². The van der Waals surface area contributed by atoms with Gasteiger partial charge >= 0.3 is 0 Å². The number of aromatic nitrogens is 1. The first-order valence-electron chi connectivity index (χ1n) is 10.1. The summed E-state index contributed by atoms with van der Waals surface area (Å²) in [5.74, 6) is 0. The summed E-state index contributed by atoms with van der Waals surface area (Å²) < 4.78 is 1.91. The molecule has 5 nitrogen and oxygen atoms in total. The van der Waals surface area contributed by atoms with Crippen LogP contribution in [-0.2, 0) is 12.8 Å². The van der Waals surface area contributed by atoms with Crippen molar-refractivity contribution in [1.82, 2.24) is 4.57 Å². The van der Waals surface area contributed by atoms with Gasteiger partial charge in [0.05, 0.1) is 28.5 Å². The lowest BCUT2D eigenvalue weighted by Crippen LogP contribution is -2.52. The van der Waals surface area contributed by atoms with Crippen LogP contribution in [0.3, 0.4) is 0 Å². The first-order chi connectivity index (χ1) is 14.4. The summed E-state index contributed by atoms with van der Waals surface area (Å²) in [4.78, 5) is 0. The second kappa shape index (κ2) is 8.91. The topological polar surface area (TPSA) is 85.9 Å². The number of hydrogen-bond donors (Lipinski definition) is 4. The molecule has 0 unspecified atom stereocenters. The van der Waals surface area contributed by atoms with Crippen LogP contribution in [-0.4, -0.2) is 55.2 Å². The first kappa shape index (κ1) is 21.7. The third-order valence-corrected chi connectivity index (χ3v) is 7.73. The molecule has 1 saturated heterocycles. The number of thioether (sulfide) groups is 1. The molecule has 7 heteroatoms. The summed E-state index contributed by atoms with van der Waals surface area (Å²) in [6, 6.07) is 14.1. The zero-order valence-electron chi connectivity index (χ0n) is 16.6. The van der Waals surface area contributed by atoms with E-state index in [9.17, 15) is 20.4 Å². The van der Waals surface area contributed by atoms with Crippen molar-refractivity contribution in [3.05, 3.63) is 70.4 Å². The molecule has 1 aliphatic heterocycles. The van der Waals surface area contributed by atoms with E-state index in [0.29, 0.717) is 11.4 Å². The molecule has 0 spiro atoms. The highest BCUT2D eigenvalue weighted by molar-refractivity contribution is 8.00. The molecule has 1 fully saturated rings. The molecule has 1 aromatic heterocycles. The van der Waals surface area contributed by atoms with Gasteiger partial charge in [0.2, 0.25) is 0 Å². The summed E-state index contributed by atoms with van der Waals surface area (Å²) in [5.41, 5.74) is 4.31. The number of aliphatic hydroxyl groups excluding tert-OH is 4. The molecule has 0 radical (unpaired) electrons. The van der Waals surface area contributed by atoms with E-state index in [1.54, 1.807) is 0 Å². The van der Waals surface area contributed by atoms with Gasteiger partial charge < -0.3 is 25.0 Å². The van der Waals surface area contributed by atoms with Gasteiger partial charge in [-0.05, 0) is 41.7 Å². The number of benzene rings is 2. The number of rotatable bonds is 5. The molecule has 2 aromatic carbocycles. The maximum Gasteiger partial charge on any atom is 0.112 e. The molecule has 2 heterocycles. The van der Waals surface area contributed by atoms with Gasteiger partial charge in [0, 0.05) is 11.6 Å². The van der Waals surface area contributed by atoms with Crippen LogP contribution in [0.2, 0.25) is 5.02 Å². The third-order valence-electron chi connectivity index (χ3n) is 5.85. The van der Waals surface area contributed by atoms with Crippen LogP contribution in [0.1, 0.15) is 29.0 Å². The van der Waals surface area contributed by atoms with Crippen LogP contribution < -0.4 is 0 Å². The van der Waals surface area contributed by atoms with Gasteiger partial charge in [0.15, 0.2) is 0 Å². The number of aryl methyl sites for hydroxylation is 1. The Morgan fingerprint density at radius 2 is 1.67 bits per heavy atom. The molecule has 160 valence electrons. The van der Waals surface area contributed by atoms with Crippen molar-refractivity contribution < 1.29 is 20.4 Å². The van der Waals surface area contributed by atoms with Crippen molar-refractivity contribution >= 4 is 34.3 Å². The largest absolute Gasteiger partial charge is 0.395 e. The van der Waals surface area contributed by atoms with Gasteiger partial charge in [-0.15, -0.1) is 11.8 Å². The van der Waals surface area contributed by atoms with Crippen LogP contribution in [0.25, 0.3) is 10.9 Å². The Hall–Kier alpha value is -1.54. The fraction of sp³-hybridized carbons (Fsp3) is 0.391. The monoisotopic (exact) mass is 447 g/mol. The molecular formula is C23H26ClNO4S. The molecule has 0 saturated carbocycles. The Bertz CT molecular complexity index is 1020.